The van der Waals surface area contributed by atoms with E-state index in [1.54, 1.807) is 0 Å². The molecule has 0 rings (SSSR count). The van der Waals surface area contributed by atoms with Gasteiger partial charge in [-0.1, -0.05) is 240 Å². The van der Waals surface area contributed by atoms with Gasteiger partial charge in [0.25, 0.3) is 0 Å². The van der Waals surface area contributed by atoms with Crippen molar-refractivity contribution < 1.29 is 28.6 Å². The lowest BCUT2D eigenvalue weighted by molar-refractivity contribution is -0.167. The Morgan fingerprint density at radius 2 is 0.579 bits per heavy atom. The van der Waals surface area contributed by atoms with Crippen LogP contribution in [0.5, 0.6) is 0 Å². The topological polar surface area (TPSA) is 78.9 Å². The quantitative estimate of drug-likeness (QED) is 0.0346. The molecule has 0 radical (unpaired) electrons. The number of carbonyl (C=O) groups is 3. The molecule has 0 fully saturated rings. The van der Waals surface area contributed by atoms with Crippen molar-refractivity contribution in [2.75, 3.05) is 13.2 Å². The highest BCUT2D eigenvalue weighted by Gasteiger charge is 2.19. The third-order valence-electron chi connectivity index (χ3n) is 11.5. The van der Waals surface area contributed by atoms with E-state index in [1.165, 1.54) is 167 Å². The molecule has 0 N–H and O–H groups in total. The van der Waals surface area contributed by atoms with Gasteiger partial charge in [0.2, 0.25) is 0 Å². The second-order valence-electron chi connectivity index (χ2n) is 18.4. The summed E-state index contributed by atoms with van der Waals surface area (Å²) in [6.07, 6.45) is 43.9. The van der Waals surface area contributed by atoms with Crippen LogP contribution < -0.4 is 0 Å². The molecule has 0 unspecified atom stereocenters. The summed E-state index contributed by atoms with van der Waals surface area (Å²) in [6, 6.07) is 0. The molecule has 0 heterocycles. The smallest absolute Gasteiger partial charge is 0.306 e. The van der Waals surface area contributed by atoms with Crippen molar-refractivity contribution in [1.82, 2.24) is 0 Å². The summed E-state index contributed by atoms with van der Waals surface area (Å²) in [6.45, 7) is 11.3. The van der Waals surface area contributed by atoms with Crippen LogP contribution in [0.25, 0.3) is 0 Å². The summed E-state index contributed by atoms with van der Waals surface area (Å²) >= 11 is 0. The van der Waals surface area contributed by atoms with E-state index >= 15 is 0 Å². The normalized spacial score (nSPS) is 12.1. The van der Waals surface area contributed by atoms with Gasteiger partial charge >= 0.3 is 17.9 Å². The SMILES string of the molecule is CCCCCCCCCC(=O)OC[C@H](COC(=O)CCCCCCCCCCCCC(C)C)OC(=O)CCCCCCCCCCCCCCCCCCC(C)C. The van der Waals surface area contributed by atoms with Gasteiger partial charge in [0.1, 0.15) is 13.2 Å². The fourth-order valence-electron chi connectivity index (χ4n) is 7.64. The molecule has 0 aromatic heterocycles. The van der Waals surface area contributed by atoms with Gasteiger partial charge < -0.3 is 14.2 Å². The van der Waals surface area contributed by atoms with E-state index in [0.29, 0.717) is 19.3 Å². The molecule has 1 atom stereocenters. The maximum Gasteiger partial charge on any atom is 0.306 e. The highest BCUT2D eigenvalue weighted by Crippen LogP contribution is 2.17. The Labute approximate surface area is 355 Å². The lowest BCUT2D eigenvalue weighted by Crippen LogP contribution is -2.30. The van der Waals surface area contributed by atoms with Crippen LogP contribution in [0.2, 0.25) is 0 Å². The zero-order valence-corrected chi connectivity index (χ0v) is 39.0. The van der Waals surface area contributed by atoms with Crippen molar-refractivity contribution >= 4 is 17.9 Å². The first-order valence-electron chi connectivity index (χ1n) is 25.2. The molecule has 6 heteroatoms. The molecule has 0 aliphatic rings. The van der Waals surface area contributed by atoms with Crippen molar-refractivity contribution in [2.45, 2.75) is 285 Å². The minimum absolute atomic E-state index is 0.0645. The number of carbonyl (C=O) groups excluding carboxylic acids is 3. The van der Waals surface area contributed by atoms with Gasteiger partial charge in [-0.25, -0.2) is 0 Å². The molecule has 0 aromatic carbocycles. The first-order chi connectivity index (χ1) is 27.7. The van der Waals surface area contributed by atoms with Crippen molar-refractivity contribution in [1.29, 1.82) is 0 Å². The third-order valence-corrected chi connectivity index (χ3v) is 11.5. The van der Waals surface area contributed by atoms with Crippen LogP contribution in [0.15, 0.2) is 0 Å². The molecule has 0 spiro atoms. The monoisotopic (exact) mass is 807 g/mol. The summed E-state index contributed by atoms with van der Waals surface area (Å²) in [7, 11) is 0. The van der Waals surface area contributed by atoms with Crippen LogP contribution in [0, 0.1) is 11.8 Å². The molecule has 0 amide bonds. The zero-order valence-electron chi connectivity index (χ0n) is 39.0. The van der Waals surface area contributed by atoms with Crippen molar-refractivity contribution in [2.24, 2.45) is 11.8 Å². The molecule has 57 heavy (non-hydrogen) atoms. The van der Waals surface area contributed by atoms with Gasteiger partial charge in [-0.05, 0) is 31.1 Å². The van der Waals surface area contributed by atoms with Crippen molar-refractivity contribution in [3.8, 4) is 0 Å². The molecular weight excluding hydrogens is 709 g/mol. The van der Waals surface area contributed by atoms with Crippen molar-refractivity contribution in [3.05, 3.63) is 0 Å². The summed E-state index contributed by atoms with van der Waals surface area (Å²) < 4.78 is 16.7. The molecular formula is C51H98O6. The minimum Gasteiger partial charge on any atom is -0.462 e. The number of ether oxygens (including phenoxy) is 3. The number of hydrogen-bond donors (Lipinski definition) is 0. The minimum atomic E-state index is -0.760. The summed E-state index contributed by atoms with van der Waals surface area (Å²) in [5.74, 6) is 0.814. The lowest BCUT2D eigenvalue weighted by atomic mass is 10.0. The van der Waals surface area contributed by atoms with Gasteiger partial charge in [-0.15, -0.1) is 0 Å². The zero-order chi connectivity index (χ0) is 41.9. The van der Waals surface area contributed by atoms with Gasteiger partial charge in [-0.3, -0.25) is 14.4 Å². The van der Waals surface area contributed by atoms with Gasteiger partial charge in [0.15, 0.2) is 6.10 Å². The number of rotatable bonds is 45. The first kappa shape index (κ1) is 55.4. The largest absolute Gasteiger partial charge is 0.462 e. The highest BCUT2D eigenvalue weighted by molar-refractivity contribution is 5.71. The van der Waals surface area contributed by atoms with E-state index in [4.69, 9.17) is 14.2 Å². The Morgan fingerprint density at radius 3 is 0.860 bits per heavy atom. The summed E-state index contributed by atoms with van der Waals surface area (Å²) in [4.78, 5) is 37.7. The van der Waals surface area contributed by atoms with E-state index in [2.05, 4.69) is 34.6 Å². The van der Waals surface area contributed by atoms with Crippen LogP contribution in [0.4, 0.5) is 0 Å². The molecule has 0 aromatic rings. The van der Waals surface area contributed by atoms with Crippen LogP contribution in [0.3, 0.4) is 0 Å². The summed E-state index contributed by atoms with van der Waals surface area (Å²) in [5.41, 5.74) is 0. The molecule has 6 nitrogen and oxygen atoms in total. The Kier molecular flexibility index (Phi) is 42.7. The molecule has 338 valence electrons. The Morgan fingerprint density at radius 1 is 0.333 bits per heavy atom. The summed E-state index contributed by atoms with van der Waals surface area (Å²) in [5, 5.41) is 0. The van der Waals surface area contributed by atoms with Crippen LogP contribution in [-0.4, -0.2) is 37.2 Å². The number of unbranched alkanes of at least 4 members (excludes halogenated alkanes) is 30. The second kappa shape index (κ2) is 44.0. The molecule has 0 saturated heterocycles. The van der Waals surface area contributed by atoms with Gasteiger partial charge in [-0.2, -0.15) is 0 Å². The standard InChI is InChI=1S/C51H98O6/c1-6-7-8-9-24-31-36-41-49(52)55-44-48(45-56-50(53)42-37-32-27-22-19-18-21-26-30-35-40-47(4)5)57-51(54)43-38-33-28-23-17-15-13-11-10-12-14-16-20-25-29-34-39-46(2)3/h46-48H,6-45H2,1-5H3/t48-/m1/s1. The van der Waals surface area contributed by atoms with E-state index in [1.807, 2.05) is 0 Å². The predicted molar refractivity (Wildman–Crippen MR) is 243 cm³/mol. The van der Waals surface area contributed by atoms with Crippen LogP contribution in [-0.2, 0) is 28.6 Å². The predicted octanol–water partition coefficient (Wildman–Crippen LogP) is 16.1. The van der Waals surface area contributed by atoms with Crippen LogP contribution in [0.1, 0.15) is 279 Å². The first-order valence-corrected chi connectivity index (χ1v) is 25.2. The fourth-order valence-corrected chi connectivity index (χ4v) is 7.64. The Hall–Kier alpha value is -1.59. The van der Waals surface area contributed by atoms with Crippen molar-refractivity contribution in [3.63, 3.8) is 0 Å². The molecule has 0 saturated carbocycles. The number of esters is 3. The van der Waals surface area contributed by atoms with E-state index in [9.17, 15) is 14.4 Å². The van der Waals surface area contributed by atoms with Gasteiger partial charge in [0.05, 0.1) is 0 Å². The fraction of sp³-hybridized carbons (Fsp3) is 0.941. The molecule has 0 aliphatic heterocycles. The average Bonchev–Trinajstić information content (AvgIpc) is 3.18. The Balaban J connectivity index is 4.19. The van der Waals surface area contributed by atoms with E-state index in [0.717, 1.165) is 69.6 Å². The highest BCUT2D eigenvalue weighted by atomic mass is 16.6. The van der Waals surface area contributed by atoms with Gasteiger partial charge in [0, 0.05) is 19.3 Å². The molecule has 0 aliphatic carbocycles. The Bertz CT molecular complexity index is 870. The van der Waals surface area contributed by atoms with E-state index < -0.39 is 6.10 Å². The van der Waals surface area contributed by atoms with Crippen LogP contribution >= 0.6 is 0 Å². The molecule has 0 bridgehead atoms. The second-order valence-corrected chi connectivity index (χ2v) is 18.4. The lowest BCUT2D eigenvalue weighted by Gasteiger charge is -2.18. The maximum atomic E-state index is 12.8. The third kappa shape index (κ3) is 45.3. The number of hydrogen-bond acceptors (Lipinski definition) is 6. The maximum absolute atomic E-state index is 12.8. The van der Waals surface area contributed by atoms with E-state index in [-0.39, 0.29) is 31.1 Å². The average molecular weight is 807 g/mol.